The van der Waals surface area contributed by atoms with Gasteiger partial charge in [0.15, 0.2) is 18.1 Å². The summed E-state index contributed by atoms with van der Waals surface area (Å²) in [5.74, 6) is -0.0466. The molecule has 9 heteroatoms. The van der Waals surface area contributed by atoms with Gasteiger partial charge in [-0.15, -0.1) is 0 Å². The van der Waals surface area contributed by atoms with E-state index in [0.717, 1.165) is 0 Å². The monoisotopic (exact) mass is 422 g/mol. The van der Waals surface area contributed by atoms with Crippen LogP contribution in [0.5, 0.6) is 11.5 Å². The lowest BCUT2D eigenvalue weighted by Crippen LogP contribution is -2.19. The topological polar surface area (TPSA) is 90.1 Å². The Hall–Kier alpha value is -2.95. The van der Waals surface area contributed by atoms with Gasteiger partial charge in [0.2, 0.25) is 0 Å². The van der Waals surface area contributed by atoms with Gasteiger partial charge in [0, 0.05) is 17.7 Å². The van der Waals surface area contributed by atoms with Gasteiger partial charge in [-0.1, -0.05) is 52.6 Å². The number of benzene rings is 2. The van der Waals surface area contributed by atoms with E-state index in [1.807, 2.05) is 6.07 Å². The van der Waals surface area contributed by atoms with Gasteiger partial charge in [-0.05, 0) is 5.56 Å². The van der Waals surface area contributed by atoms with Gasteiger partial charge in [0.1, 0.15) is 25.5 Å². The summed E-state index contributed by atoms with van der Waals surface area (Å²) in [6, 6.07) is 11.9. The summed E-state index contributed by atoms with van der Waals surface area (Å²) in [4.78, 5) is 16.7. The molecule has 0 spiro atoms. The Morgan fingerprint density at radius 2 is 1.82 bits per heavy atom. The number of carbonyl (C=O) groups is 1. The van der Waals surface area contributed by atoms with Crippen LogP contribution in [0.1, 0.15) is 11.1 Å². The van der Waals surface area contributed by atoms with Crippen LogP contribution in [0.2, 0.25) is 10.0 Å². The predicted octanol–water partition coefficient (Wildman–Crippen LogP) is 4.00. The maximum Gasteiger partial charge on any atom is 0.360 e. The zero-order valence-corrected chi connectivity index (χ0v) is 16.6. The van der Waals surface area contributed by atoms with Crippen molar-refractivity contribution < 1.29 is 23.8 Å². The summed E-state index contributed by atoms with van der Waals surface area (Å²) in [5, 5.41) is 12.8. The molecular formula is C19H16Cl2N2O5. The predicted molar refractivity (Wildman–Crippen MR) is 104 cm³/mol. The van der Waals surface area contributed by atoms with Crippen molar-refractivity contribution >= 4 is 34.9 Å². The van der Waals surface area contributed by atoms with Crippen molar-refractivity contribution in [3.63, 3.8) is 0 Å². The second kappa shape index (κ2) is 10.4. The Kier molecular flexibility index (Phi) is 7.93. The average Bonchev–Trinajstić information content (AvgIpc) is 2.69. The van der Waals surface area contributed by atoms with E-state index >= 15 is 0 Å². The molecule has 0 amide bonds. The Balaban J connectivity index is 2.25. The number of hydrogen-bond acceptors (Lipinski definition) is 7. The van der Waals surface area contributed by atoms with Crippen LogP contribution in [0.4, 0.5) is 0 Å². The molecule has 0 fully saturated rings. The smallest absolute Gasteiger partial charge is 0.360 e. The van der Waals surface area contributed by atoms with Crippen molar-refractivity contribution in [3.05, 3.63) is 57.6 Å². The lowest BCUT2D eigenvalue weighted by molar-refractivity contribution is -0.132. The van der Waals surface area contributed by atoms with E-state index in [1.54, 1.807) is 24.3 Å². The summed E-state index contributed by atoms with van der Waals surface area (Å²) < 4.78 is 15.7. The molecule has 2 rings (SSSR count). The number of nitriles is 1. The van der Waals surface area contributed by atoms with E-state index in [-0.39, 0.29) is 34.7 Å². The van der Waals surface area contributed by atoms with Crippen LogP contribution in [-0.2, 0) is 21.0 Å². The molecule has 0 heterocycles. The number of rotatable bonds is 8. The normalized spacial score (nSPS) is 10.8. The maximum atomic E-state index is 12.0. The Morgan fingerprint density at radius 1 is 1.14 bits per heavy atom. The largest absolute Gasteiger partial charge is 0.489 e. The summed E-state index contributed by atoms with van der Waals surface area (Å²) in [6.07, 6.45) is 0. The molecule has 7 nitrogen and oxygen atoms in total. The molecule has 0 radical (unpaired) electrons. The SMILES string of the molecule is CON=C(C(=O)OC)c1ccccc1COc1cc(Cl)c(OCC#N)c(Cl)c1. The minimum Gasteiger partial charge on any atom is -0.489 e. The first kappa shape index (κ1) is 21.4. The van der Waals surface area contributed by atoms with Crippen molar-refractivity contribution in [3.8, 4) is 17.6 Å². The van der Waals surface area contributed by atoms with E-state index in [4.69, 9.17) is 47.5 Å². The van der Waals surface area contributed by atoms with Crippen molar-refractivity contribution in [2.75, 3.05) is 20.8 Å². The summed E-state index contributed by atoms with van der Waals surface area (Å²) >= 11 is 12.3. The molecule has 0 aliphatic rings. The first-order valence-corrected chi connectivity index (χ1v) is 8.66. The molecule has 0 unspecified atom stereocenters. The Bertz CT molecular complexity index is 902. The van der Waals surface area contributed by atoms with Crippen LogP contribution >= 0.6 is 23.2 Å². The molecule has 2 aromatic rings. The van der Waals surface area contributed by atoms with Gasteiger partial charge in [-0.25, -0.2) is 4.79 Å². The summed E-state index contributed by atoms with van der Waals surface area (Å²) in [7, 11) is 2.59. The Labute approximate surface area is 172 Å². The third-order valence-corrected chi connectivity index (χ3v) is 4.04. The van der Waals surface area contributed by atoms with Gasteiger partial charge in [-0.3, -0.25) is 0 Å². The number of carbonyl (C=O) groups excluding carboxylic acids is 1. The third-order valence-electron chi connectivity index (χ3n) is 3.48. The van der Waals surface area contributed by atoms with Crippen molar-refractivity contribution in [2.45, 2.75) is 6.61 Å². The molecule has 0 atom stereocenters. The third kappa shape index (κ3) is 5.28. The molecule has 0 bridgehead atoms. The van der Waals surface area contributed by atoms with Crippen LogP contribution in [0, 0.1) is 11.3 Å². The van der Waals surface area contributed by atoms with E-state index in [2.05, 4.69) is 5.16 Å². The fourth-order valence-electron chi connectivity index (χ4n) is 2.28. The molecule has 0 saturated heterocycles. The summed E-state index contributed by atoms with van der Waals surface area (Å²) in [6.45, 7) is -0.0802. The standard InChI is InChI=1S/C19H16Cl2N2O5/c1-25-19(24)17(23-26-2)14-6-4-3-5-12(14)11-28-13-9-15(20)18(16(21)10-13)27-8-7-22/h3-6,9-10H,8,11H2,1-2H3. The molecule has 0 aliphatic carbocycles. The fourth-order valence-corrected chi connectivity index (χ4v) is 2.86. The van der Waals surface area contributed by atoms with Crippen LogP contribution in [-0.4, -0.2) is 32.5 Å². The van der Waals surface area contributed by atoms with Crippen molar-refractivity contribution in [1.82, 2.24) is 0 Å². The van der Waals surface area contributed by atoms with Gasteiger partial charge in [0.05, 0.1) is 17.2 Å². The number of ether oxygens (including phenoxy) is 3. The highest BCUT2D eigenvalue weighted by Crippen LogP contribution is 2.37. The van der Waals surface area contributed by atoms with Crippen LogP contribution in [0.15, 0.2) is 41.6 Å². The maximum absolute atomic E-state index is 12.0. The number of halogens is 2. The molecule has 0 N–H and O–H groups in total. The fraction of sp³-hybridized carbons (Fsp3) is 0.211. The summed E-state index contributed by atoms with van der Waals surface area (Å²) in [5.41, 5.74) is 1.18. The zero-order chi connectivity index (χ0) is 20.5. The molecule has 0 aromatic heterocycles. The second-order valence-electron chi connectivity index (χ2n) is 5.22. The van der Waals surface area contributed by atoms with E-state index in [9.17, 15) is 4.79 Å². The van der Waals surface area contributed by atoms with Crippen LogP contribution in [0.3, 0.4) is 0 Å². The van der Waals surface area contributed by atoms with Crippen molar-refractivity contribution in [1.29, 1.82) is 5.26 Å². The highest BCUT2D eigenvalue weighted by atomic mass is 35.5. The number of methoxy groups -OCH3 is 1. The quantitative estimate of drug-likeness (QED) is 0.362. The zero-order valence-electron chi connectivity index (χ0n) is 15.1. The van der Waals surface area contributed by atoms with Crippen LogP contribution in [0.25, 0.3) is 0 Å². The second-order valence-corrected chi connectivity index (χ2v) is 6.04. The lowest BCUT2D eigenvalue weighted by atomic mass is 10.0. The molecule has 28 heavy (non-hydrogen) atoms. The molecular weight excluding hydrogens is 407 g/mol. The van der Waals surface area contributed by atoms with Gasteiger partial charge in [-0.2, -0.15) is 5.26 Å². The first-order valence-electron chi connectivity index (χ1n) is 7.91. The van der Waals surface area contributed by atoms with E-state index in [0.29, 0.717) is 16.9 Å². The van der Waals surface area contributed by atoms with Gasteiger partial charge < -0.3 is 19.0 Å². The molecule has 0 saturated carbocycles. The molecule has 2 aromatic carbocycles. The number of oxime groups is 1. The minimum atomic E-state index is -0.639. The first-order chi connectivity index (χ1) is 13.5. The highest BCUT2D eigenvalue weighted by molar-refractivity contribution is 6.43. The molecule has 0 aliphatic heterocycles. The average molecular weight is 423 g/mol. The number of esters is 1. The number of hydrogen-bond donors (Lipinski definition) is 0. The molecule has 146 valence electrons. The van der Waals surface area contributed by atoms with Crippen molar-refractivity contribution in [2.24, 2.45) is 5.16 Å². The Morgan fingerprint density at radius 3 is 2.43 bits per heavy atom. The van der Waals surface area contributed by atoms with Gasteiger partial charge >= 0.3 is 5.97 Å². The van der Waals surface area contributed by atoms with E-state index in [1.165, 1.54) is 26.4 Å². The van der Waals surface area contributed by atoms with Gasteiger partial charge in [0.25, 0.3) is 0 Å². The minimum absolute atomic E-state index is 0.0144. The van der Waals surface area contributed by atoms with E-state index < -0.39 is 5.97 Å². The van der Waals surface area contributed by atoms with Crippen LogP contribution < -0.4 is 9.47 Å². The lowest BCUT2D eigenvalue weighted by Gasteiger charge is -2.13. The highest BCUT2D eigenvalue weighted by Gasteiger charge is 2.19. The number of nitrogens with zero attached hydrogens (tertiary/aromatic N) is 2.